The minimum atomic E-state index is -0.441. The summed E-state index contributed by atoms with van der Waals surface area (Å²) < 4.78 is 10.7. The van der Waals surface area contributed by atoms with Gasteiger partial charge in [-0.2, -0.15) is 5.26 Å². The summed E-state index contributed by atoms with van der Waals surface area (Å²) in [4.78, 5) is 12.3. The molecule has 0 unspecified atom stereocenters. The van der Waals surface area contributed by atoms with Gasteiger partial charge in [-0.3, -0.25) is 0 Å². The van der Waals surface area contributed by atoms with Crippen LogP contribution in [0.4, 0.5) is 0 Å². The molecule has 0 heterocycles. The molecule has 0 atom stereocenters. The van der Waals surface area contributed by atoms with E-state index in [1.807, 2.05) is 18.2 Å². The molecular formula is C20H19NO3. The first kappa shape index (κ1) is 17.3. The molecule has 0 spiro atoms. The third kappa shape index (κ3) is 4.23. The zero-order valence-corrected chi connectivity index (χ0v) is 13.9. The summed E-state index contributed by atoms with van der Waals surface area (Å²) in [6.45, 7) is 4.20. The quantitative estimate of drug-likeness (QED) is 0.459. The number of methoxy groups -OCH3 is 1. The zero-order valence-electron chi connectivity index (χ0n) is 13.9. The molecule has 2 rings (SSSR count). The molecule has 2 aromatic carbocycles. The second-order valence-corrected chi connectivity index (χ2v) is 5.54. The topological polar surface area (TPSA) is 59.3 Å². The summed E-state index contributed by atoms with van der Waals surface area (Å²) in [6.07, 6.45) is 3.02. The Morgan fingerprint density at radius 2 is 1.83 bits per heavy atom. The third-order valence-corrected chi connectivity index (χ3v) is 3.55. The van der Waals surface area contributed by atoms with Gasteiger partial charge in [-0.1, -0.05) is 32.0 Å². The molecular weight excluding hydrogens is 302 g/mol. The van der Waals surface area contributed by atoms with Crippen LogP contribution in [0, 0.1) is 11.3 Å². The molecule has 2 aromatic rings. The van der Waals surface area contributed by atoms with E-state index < -0.39 is 5.97 Å². The minimum absolute atomic E-state index is 0.338. The van der Waals surface area contributed by atoms with Gasteiger partial charge in [0.25, 0.3) is 0 Å². The van der Waals surface area contributed by atoms with Gasteiger partial charge in [-0.15, -0.1) is 0 Å². The largest absolute Gasteiger partial charge is 0.493 e. The predicted molar refractivity (Wildman–Crippen MR) is 93.1 cm³/mol. The molecule has 0 aliphatic heterocycles. The highest BCUT2D eigenvalue weighted by Crippen LogP contribution is 2.29. The maximum Gasteiger partial charge on any atom is 0.343 e. The highest BCUT2D eigenvalue weighted by Gasteiger charge is 2.13. The second kappa shape index (κ2) is 7.98. The van der Waals surface area contributed by atoms with Crippen molar-refractivity contribution in [1.29, 1.82) is 5.26 Å². The zero-order chi connectivity index (χ0) is 17.5. The molecule has 0 bridgehead atoms. The Kier molecular flexibility index (Phi) is 5.75. The lowest BCUT2D eigenvalue weighted by atomic mass is 10.0. The number of carbonyl (C=O) groups is 1. The number of benzene rings is 2. The van der Waals surface area contributed by atoms with Crippen LogP contribution in [0.3, 0.4) is 0 Å². The van der Waals surface area contributed by atoms with E-state index >= 15 is 0 Å². The Morgan fingerprint density at radius 3 is 2.42 bits per heavy atom. The molecule has 0 amide bonds. The van der Waals surface area contributed by atoms with Gasteiger partial charge in [0.15, 0.2) is 11.5 Å². The minimum Gasteiger partial charge on any atom is -0.493 e. The monoisotopic (exact) mass is 321 g/mol. The summed E-state index contributed by atoms with van der Waals surface area (Å²) in [5.74, 6) is 0.736. The van der Waals surface area contributed by atoms with Gasteiger partial charge >= 0.3 is 5.97 Å². The van der Waals surface area contributed by atoms with Crippen molar-refractivity contribution in [2.75, 3.05) is 7.11 Å². The van der Waals surface area contributed by atoms with E-state index in [0.29, 0.717) is 23.0 Å². The van der Waals surface area contributed by atoms with E-state index in [-0.39, 0.29) is 0 Å². The Labute approximate surface area is 141 Å². The first-order chi connectivity index (χ1) is 11.5. The van der Waals surface area contributed by atoms with Crippen LogP contribution >= 0.6 is 0 Å². The van der Waals surface area contributed by atoms with E-state index in [1.165, 1.54) is 13.2 Å². The summed E-state index contributed by atoms with van der Waals surface area (Å²) in [6, 6.07) is 14.4. The lowest BCUT2D eigenvalue weighted by Crippen LogP contribution is -2.09. The number of carbonyl (C=O) groups excluding carboxylic acids is 1. The van der Waals surface area contributed by atoms with Gasteiger partial charge in [-0.25, -0.2) is 4.79 Å². The number of rotatable bonds is 5. The van der Waals surface area contributed by atoms with Crippen LogP contribution in [-0.4, -0.2) is 13.1 Å². The van der Waals surface area contributed by atoms with Crippen LogP contribution in [0.25, 0.3) is 6.08 Å². The lowest BCUT2D eigenvalue weighted by Gasteiger charge is -2.11. The highest BCUT2D eigenvalue weighted by molar-refractivity contribution is 5.91. The smallest absolute Gasteiger partial charge is 0.343 e. The molecule has 0 fully saturated rings. The SMILES string of the molecule is COc1cc(/C=C\C#N)ccc1OC(=O)c1ccc(C(C)C)cc1. The van der Waals surface area contributed by atoms with Crippen LogP contribution in [0.15, 0.2) is 48.5 Å². The second-order valence-electron chi connectivity index (χ2n) is 5.54. The third-order valence-electron chi connectivity index (χ3n) is 3.55. The number of nitrogens with zero attached hydrogens (tertiary/aromatic N) is 1. The van der Waals surface area contributed by atoms with Crippen molar-refractivity contribution in [2.45, 2.75) is 19.8 Å². The van der Waals surface area contributed by atoms with Gasteiger partial charge in [0.2, 0.25) is 0 Å². The Morgan fingerprint density at radius 1 is 1.12 bits per heavy atom. The Bertz CT molecular complexity index is 784. The molecule has 4 heteroatoms. The molecule has 122 valence electrons. The van der Waals surface area contributed by atoms with E-state index in [2.05, 4.69) is 13.8 Å². The molecule has 0 saturated carbocycles. The van der Waals surface area contributed by atoms with Crippen molar-refractivity contribution in [3.05, 3.63) is 65.2 Å². The van der Waals surface area contributed by atoms with Crippen molar-refractivity contribution in [2.24, 2.45) is 0 Å². The fraction of sp³-hybridized carbons (Fsp3) is 0.200. The number of nitriles is 1. The molecule has 4 nitrogen and oxygen atoms in total. The fourth-order valence-corrected chi connectivity index (χ4v) is 2.17. The average molecular weight is 321 g/mol. The van der Waals surface area contributed by atoms with E-state index in [4.69, 9.17) is 14.7 Å². The van der Waals surface area contributed by atoms with Crippen LogP contribution in [0.1, 0.15) is 41.3 Å². The highest BCUT2D eigenvalue weighted by atomic mass is 16.6. The van der Waals surface area contributed by atoms with Crippen molar-refractivity contribution in [3.8, 4) is 17.6 Å². The van der Waals surface area contributed by atoms with Gasteiger partial charge in [0.05, 0.1) is 18.7 Å². The van der Waals surface area contributed by atoms with E-state index in [9.17, 15) is 4.79 Å². The predicted octanol–water partition coefficient (Wildman–Crippen LogP) is 4.57. The van der Waals surface area contributed by atoms with Crippen molar-refractivity contribution in [1.82, 2.24) is 0 Å². The molecule has 0 aromatic heterocycles. The molecule has 0 saturated heterocycles. The first-order valence-corrected chi connectivity index (χ1v) is 7.61. The summed E-state index contributed by atoms with van der Waals surface area (Å²) >= 11 is 0. The van der Waals surface area contributed by atoms with Gasteiger partial charge in [0.1, 0.15) is 0 Å². The van der Waals surface area contributed by atoms with Gasteiger partial charge in [0, 0.05) is 6.08 Å². The molecule has 24 heavy (non-hydrogen) atoms. The number of allylic oxidation sites excluding steroid dienone is 1. The number of esters is 1. The lowest BCUT2D eigenvalue weighted by molar-refractivity contribution is 0.0729. The van der Waals surface area contributed by atoms with Crippen LogP contribution in [0.5, 0.6) is 11.5 Å². The van der Waals surface area contributed by atoms with E-state index in [1.54, 1.807) is 36.4 Å². The van der Waals surface area contributed by atoms with Crippen LogP contribution in [0.2, 0.25) is 0 Å². The number of ether oxygens (including phenoxy) is 2. The van der Waals surface area contributed by atoms with E-state index in [0.717, 1.165) is 11.1 Å². The number of hydrogen-bond donors (Lipinski definition) is 0. The standard InChI is InChI=1S/C20H19NO3/c1-14(2)16-7-9-17(10-8-16)20(22)24-18-11-6-15(5-4-12-21)13-19(18)23-3/h4-11,13-14H,1-3H3/b5-4-. The van der Waals surface area contributed by atoms with Gasteiger partial charge in [-0.05, 0) is 47.4 Å². The first-order valence-electron chi connectivity index (χ1n) is 7.61. The van der Waals surface area contributed by atoms with Crippen molar-refractivity contribution >= 4 is 12.0 Å². The molecule has 0 radical (unpaired) electrons. The summed E-state index contributed by atoms with van der Waals surface area (Å²) in [7, 11) is 1.50. The van der Waals surface area contributed by atoms with Crippen LogP contribution < -0.4 is 9.47 Å². The van der Waals surface area contributed by atoms with Crippen LogP contribution in [-0.2, 0) is 0 Å². The summed E-state index contributed by atoms with van der Waals surface area (Å²) in [5, 5.41) is 8.57. The maximum absolute atomic E-state index is 12.3. The van der Waals surface area contributed by atoms with Crippen molar-refractivity contribution < 1.29 is 14.3 Å². The Balaban J connectivity index is 2.19. The number of hydrogen-bond acceptors (Lipinski definition) is 4. The molecule has 0 N–H and O–H groups in total. The normalized spacial score (nSPS) is 10.6. The summed E-state index contributed by atoms with van der Waals surface area (Å²) in [5.41, 5.74) is 2.43. The fourth-order valence-electron chi connectivity index (χ4n) is 2.17. The maximum atomic E-state index is 12.3. The van der Waals surface area contributed by atoms with Crippen molar-refractivity contribution in [3.63, 3.8) is 0 Å². The molecule has 0 aliphatic rings. The Hall–Kier alpha value is -3.06. The molecule has 0 aliphatic carbocycles. The average Bonchev–Trinajstić information content (AvgIpc) is 2.60. The van der Waals surface area contributed by atoms with Gasteiger partial charge < -0.3 is 9.47 Å².